The van der Waals surface area contributed by atoms with Crippen LogP contribution in [0, 0.1) is 0 Å². The van der Waals surface area contributed by atoms with Gasteiger partial charge in [-0.25, -0.2) is 0 Å². The van der Waals surface area contributed by atoms with Gasteiger partial charge in [0.15, 0.2) is 0 Å². The number of carbonyl (C=O) groups is 1. The molecule has 3 N–H and O–H groups in total. The lowest BCUT2D eigenvalue weighted by molar-refractivity contribution is -0.138. The third-order valence-electron chi connectivity index (χ3n) is 3.42. The van der Waals surface area contributed by atoms with Crippen LogP contribution in [0.15, 0.2) is 0 Å². The van der Waals surface area contributed by atoms with Gasteiger partial charge in [0.1, 0.15) is 6.04 Å². The molecule has 5 nitrogen and oxygen atoms in total. The van der Waals surface area contributed by atoms with Gasteiger partial charge in [0.05, 0.1) is 0 Å². The first-order valence-electron chi connectivity index (χ1n) is 5.88. The second-order valence-corrected chi connectivity index (χ2v) is 4.75. The summed E-state index contributed by atoms with van der Waals surface area (Å²) >= 11 is 0. The molecule has 1 atom stereocenters. The SMILES string of the molecule is CN1CCC(N(C)CC[C@@H](N)C(=O)O)CC1. The monoisotopic (exact) mass is 229 g/mol. The van der Waals surface area contributed by atoms with E-state index in [1.54, 1.807) is 0 Å². The summed E-state index contributed by atoms with van der Waals surface area (Å²) in [6.07, 6.45) is 2.85. The Kier molecular flexibility index (Phi) is 5.18. The molecule has 0 spiro atoms. The fourth-order valence-electron chi connectivity index (χ4n) is 2.08. The summed E-state index contributed by atoms with van der Waals surface area (Å²) in [7, 11) is 4.20. The van der Waals surface area contributed by atoms with Gasteiger partial charge < -0.3 is 20.6 Å². The van der Waals surface area contributed by atoms with Crippen molar-refractivity contribution in [2.45, 2.75) is 31.3 Å². The molecule has 0 unspecified atom stereocenters. The smallest absolute Gasteiger partial charge is 0.320 e. The van der Waals surface area contributed by atoms with Gasteiger partial charge in [-0.1, -0.05) is 0 Å². The van der Waals surface area contributed by atoms with E-state index in [2.05, 4.69) is 23.9 Å². The minimum absolute atomic E-state index is 0.526. The molecule has 1 aliphatic heterocycles. The molecule has 1 fully saturated rings. The number of carboxylic acid groups (broad SMARTS) is 1. The van der Waals surface area contributed by atoms with Crippen LogP contribution in [0.5, 0.6) is 0 Å². The van der Waals surface area contributed by atoms with E-state index >= 15 is 0 Å². The van der Waals surface area contributed by atoms with Crippen molar-refractivity contribution >= 4 is 5.97 Å². The van der Waals surface area contributed by atoms with Crippen LogP contribution in [0.3, 0.4) is 0 Å². The van der Waals surface area contributed by atoms with Crippen molar-refractivity contribution in [2.24, 2.45) is 5.73 Å². The van der Waals surface area contributed by atoms with Crippen molar-refractivity contribution in [2.75, 3.05) is 33.7 Å². The molecule has 1 heterocycles. The number of hydrogen-bond acceptors (Lipinski definition) is 4. The van der Waals surface area contributed by atoms with Crippen LogP contribution >= 0.6 is 0 Å². The van der Waals surface area contributed by atoms with Gasteiger partial charge in [-0.05, 0) is 46.4 Å². The van der Waals surface area contributed by atoms with Gasteiger partial charge in [0, 0.05) is 12.6 Å². The maximum absolute atomic E-state index is 10.6. The zero-order chi connectivity index (χ0) is 12.1. The largest absolute Gasteiger partial charge is 0.480 e. The molecule has 0 radical (unpaired) electrons. The van der Waals surface area contributed by atoms with Crippen LogP contribution in [0.25, 0.3) is 0 Å². The minimum atomic E-state index is -0.906. The van der Waals surface area contributed by atoms with E-state index in [-0.39, 0.29) is 0 Å². The van der Waals surface area contributed by atoms with E-state index in [1.165, 1.54) is 0 Å². The molecule has 94 valence electrons. The van der Waals surface area contributed by atoms with Crippen LogP contribution in [0.1, 0.15) is 19.3 Å². The molecule has 0 aromatic heterocycles. The molecule has 1 rings (SSSR count). The molecule has 0 aliphatic carbocycles. The second kappa shape index (κ2) is 6.18. The summed E-state index contributed by atoms with van der Waals surface area (Å²) in [6.45, 7) is 3.02. The maximum atomic E-state index is 10.6. The van der Waals surface area contributed by atoms with E-state index in [9.17, 15) is 4.79 Å². The number of piperidine rings is 1. The van der Waals surface area contributed by atoms with Gasteiger partial charge in [0.25, 0.3) is 0 Å². The molecule has 5 heteroatoms. The van der Waals surface area contributed by atoms with E-state index in [0.717, 1.165) is 32.5 Å². The lowest BCUT2D eigenvalue weighted by Crippen LogP contribution is -2.43. The Hall–Kier alpha value is -0.650. The zero-order valence-corrected chi connectivity index (χ0v) is 10.2. The van der Waals surface area contributed by atoms with Crippen LogP contribution in [0.4, 0.5) is 0 Å². The van der Waals surface area contributed by atoms with Gasteiger partial charge in [-0.3, -0.25) is 4.79 Å². The van der Waals surface area contributed by atoms with Crippen molar-refractivity contribution < 1.29 is 9.90 Å². The van der Waals surface area contributed by atoms with Crippen molar-refractivity contribution in [3.05, 3.63) is 0 Å². The second-order valence-electron chi connectivity index (χ2n) is 4.75. The molecular weight excluding hydrogens is 206 g/mol. The number of aliphatic carboxylic acids is 1. The Bertz CT molecular complexity index is 227. The zero-order valence-electron chi connectivity index (χ0n) is 10.2. The van der Waals surface area contributed by atoms with Gasteiger partial charge in [0.2, 0.25) is 0 Å². The minimum Gasteiger partial charge on any atom is -0.480 e. The third-order valence-corrected chi connectivity index (χ3v) is 3.42. The Morgan fingerprint density at radius 2 is 2.12 bits per heavy atom. The summed E-state index contributed by atoms with van der Waals surface area (Å²) in [4.78, 5) is 15.2. The normalized spacial score (nSPS) is 21.2. The number of nitrogens with zero attached hydrogens (tertiary/aromatic N) is 2. The summed E-state index contributed by atoms with van der Waals surface area (Å²) in [6, 6.07) is -0.147. The average Bonchev–Trinajstić information content (AvgIpc) is 2.26. The van der Waals surface area contributed by atoms with E-state index < -0.39 is 12.0 Å². The highest BCUT2D eigenvalue weighted by Crippen LogP contribution is 2.14. The first-order valence-corrected chi connectivity index (χ1v) is 5.88. The van der Waals surface area contributed by atoms with Crippen LogP contribution < -0.4 is 5.73 Å². The standard InChI is InChI=1S/C11H23N3O2/c1-13-6-3-9(4-7-13)14(2)8-5-10(12)11(15)16/h9-10H,3-8,12H2,1-2H3,(H,15,16)/t10-/m1/s1. The van der Waals surface area contributed by atoms with Gasteiger partial charge in [-0.2, -0.15) is 0 Å². The summed E-state index contributed by atoms with van der Waals surface area (Å²) in [5.74, 6) is -0.906. The number of nitrogens with two attached hydrogens (primary N) is 1. The number of rotatable bonds is 5. The Labute approximate surface area is 97.2 Å². The number of carboxylic acids is 1. The Balaban J connectivity index is 2.24. The van der Waals surface area contributed by atoms with Crippen molar-refractivity contribution in [3.8, 4) is 0 Å². The van der Waals surface area contributed by atoms with Crippen LogP contribution in [-0.4, -0.2) is 66.7 Å². The number of likely N-dealkylation sites (tertiary alicyclic amines) is 1. The van der Waals surface area contributed by atoms with E-state index in [1.807, 2.05) is 0 Å². The lowest BCUT2D eigenvalue weighted by atomic mass is 10.0. The summed E-state index contributed by atoms with van der Waals surface area (Å²) in [5.41, 5.74) is 5.48. The molecule has 0 saturated carbocycles. The molecule has 1 saturated heterocycles. The van der Waals surface area contributed by atoms with Crippen molar-refractivity contribution in [1.29, 1.82) is 0 Å². The molecule has 0 aromatic rings. The van der Waals surface area contributed by atoms with E-state index in [0.29, 0.717) is 12.5 Å². The molecule has 0 amide bonds. The molecular formula is C11H23N3O2. The van der Waals surface area contributed by atoms with Gasteiger partial charge in [-0.15, -0.1) is 0 Å². The highest BCUT2D eigenvalue weighted by atomic mass is 16.4. The average molecular weight is 229 g/mol. The van der Waals surface area contributed by atoms with Crippen LogP contribution in [-0.2, 0) is 4.79 Å². The first-order chi connectivity index (χ1) is 7.50. The molecule has 1 aliphatic rings. The highest BCUT2D eigenvalue weighted by molar-refractivity contribution is 5.72. The Morgan fingerprint density at radius 1 is 1.56 bits per heavy atom. The van der Waals surface area contributed by atoms with Crippen LogP contribution in [0.2, 0.25) is 0 Å². The predicted molar refractivity (Wildman–Crippen MR) is 63.4 cm³/mol. The topological polar surface area (TPSA) is 69.8 Å². The fourth-order valence-corrected chi connectivity index (χ4v) is 2.08. The molecule has 0 bridgehead atoms. The lowest BCUT2D eigenvalue weighted by Gasteiger charge is -2.35. The van der Waals surface area contributed by atoms with E-state index in [4.69, 9.17) is 10.8 Å². The quantitative estimate of drug-likeness (QED) is 0.684. The molecule has 16 heavy (non-hydrogen) atoms. The first kappa shape index (κ1) is 13.4. The summed E-state index contributed by atoms with van der Waals surface area (Å²) in [5, 5.41) is 8.69. The fraction of sp³-hybridized carbons (Fsp3) is 0.909. The highest BCUT2D eigenvalue weighted by Gasteiger charge is 2.21. The third kappa shape index (κ3) is 4.08. The van der Waals surface area contributed by atoms with Gasteiger partial charge >= 0.3 is 5.97 Å². The number of hydrogen-bond donors (Lipinski definition) is 2. The maximum Gasteiger partial charge on any atom is 0.320 e. The predicted octanol–water partition coefficient (Wildman–Crippen LogP) is -0.186. The summed E-state index contributed by atoms with van der Waals surface area (Å²) < 4.78 is 0. The van der Waals surface area contributed by atoms with Crippen molar-refractivity contribution in [1.82, 2.24) is 9.80 Å². The molecule has 0 aromatic carbocycles. The van der Waals surface area contributed by atoms with Crippen molar-refractivity contribution in [3.63, 3.8) is 0 Å². The Morgan fingerprint density at radius 3 is 2.62 bits per heavy atom.